The third-order valence-electron chi connectivity index (χ3n) is 2.31. The van der Waals surface area contributed by atoms with Gasteiger partial charge in [-0.05, 0) is 32.4 Å². The highest BCUT2D eigenvalue weighted by Crippen LogP contribution is 2.38. The van der Waals surface area contributed by atoms with Crippen LogP contribution in [0.3, 0.4) is 0 Å². The Morgan fingerprint density at radius 3 is 3.00 bits per heavy atom. The molecule has 2 rings (SSSR count). The van der Waals surface area contributed by atoms with Crippen LogP contribution in [0.25, 0.3) is 0 Å². The van der Waals surface area contributed by atoms with Crippen molar-refractivity contribution in [3.05, 3.63) is 11.7 Å². The Morgan fingerprint density at radius 1 is 1.60 bits per heavy atom. The second-order valence-corrected chi connectivity index (χ2v) is 6.02. The predicted molar refractivity (Wildman–Crippen MR) is 60.7 cm³/mol. The van der Waals surface area contributed by atoms with Crippen molar-refractivity contribution in [1.29, 1.82) is 0 Å². The van der Waals surface area contributed by atoms with Crippen LogP contribution >= 0.6 is 11.8 Å². The first-order valence-corrected chi connectivity index (χ1v) is 6.32. The first-order chi connectivity index (χ1) is 7.04. The molecule has 0 spiro atoms. The van der Waals surface area contributed by atoms with Gasteiger partial charge in [0.2, 0.25) is 5.89 Å². The van der Waals surface area contributed by atoms with Gasteiger partial charge in [-0.2, -0.15) is 16.7 Å². The molecule has 4 nitrogen and oxygen atoms in total. The van der Waals surface area contributed by atoms with Crippen molar-refractivity contribution >= 4 is 11.8 Å². The Labute approximate surface area is 94.0 Å². The van der Waals surface area contributed by atoms with Crippen molar-refractivity contribution < 1.29 is 4.52 Å². The minimum absolute atomic E-state index is 0.285. The largest absolute Gasteiger partial charge is 0.339 e. The molecule has 2 heterocycles. The molecule has 1 atom stereocenters. The zero-order valence-corrected chi connectivity index (χ0v) is 10.0. The summed E-state index contributed by atoms with van der Waals surface area (Å²) in [4.78, 5) is 4.40. The summed E-state index contributed by atoms with van der Waals surface area (Å²) in [6.45, 7) is 3.92. The van der Waals surface area contributed by atoms with Gasteiger partial charge in [-0.1, -0.05) is 5.16 Å². The van der Waals surface area contributed by atoms with Crippen molar-refractivity contribution in [2.75, 3.05) is 5.75 Å². The molecule has 0 saturated carbocycles. The third kappa shape index (κ3) is 2.95. The van der Waals surface area contributed by atoms with Gasteiger partial charge in [-0.3, -0.25) is 0 Å². The first kappa shape index (κ1) is 11.0. The third-order valence-corrected chi connectivity index (χ3v) is 3.68. The van der Waals surface area contributed by atoms with E-state index in [1.54, 1.807) is 0 Å². The molecule has 0 radical (unpaired) electrons. The van der Waals surface area contributed by atoms with E-state index in [0.29, 0.717) is 17.6 Å². The number of nitrogens with two attached hydrogens (primary N) is 1. The Balaban J connectivity index is 2.03. The molecule has 1 aromatic rings. The highest BCUT2D eigenvalue weighted by Gasteiger charge is 2.24. The molecule has 1 aromatic heterocycles. The van der Waals surface area contributed by atoms with Gasteiger partial charge in [-0.25, -0.2) is 0 Å². The molecule has 5 heteroatoms. The van der Waals surface area contributed by atoms with Crippen LogP contribution in [0, 0.1) is 0 Å². The number of rotatable bonds is 3. The zero-order chi connectivity index (χ0) is 10.9. The number of hydrogen-bond acceptors (Lipinski definition) is 5. The van der Waals surface area contributed by atoms with Gasteiger partial charge in [0.15, 0.2) is 5.82 Å². The van der Waals surface area contributed by atoms with Gasteiger partial charge in [0.25, 0.3) is 0 Å². The average Bonchev–Trinajstić information content (AvgIpc) is 2.68. The molecule has 15 heavy (non-hydrogen) atoms. The van der Waals surface area contributed by atoms with E-state index >= 15 is 0 Å². The van der Waals surface area contributed by atoms with Crippen LogP contribution in [0.4, 0.5) is 0 Å². The lowest BCUT2D eigenvalue weighted by Gasteiger charge is -2.14. The molecule has 1 saturated heterocycles. The summed E-state index contributed by atoms with van der Waals surface area (Å²) in [5.74, 6) is 2.71. The number of hydrogen-bond donors (Lipinski definition) is 1. The monoisotopic (exact) mass is 227 g/mol. The lowest BCUT2D eigenvalue weighted by molar-refractivity contribution is 0.344. The van der Waals surface area contributed by atoms with E-state index in [4.69, 9.17) is 10.3 Å². The van der Waals surface area contributed by atoms with Crippen LogP contribution in [0.5, 0.6) is 0 Å². The maximum absolute atomic E-state index is 5.90. The fourth-order valence-electron chi connectivity index (χ4n) is 1.64. The van der Waals surface area contributed by atoms with Crippen LogP contribution in [0.1, 0.15) is 43.7 Å². The van der Waals surface area contributed by atoms with E-state index in [2.05, 4.69) is 10.1 Å². The van der Waals surface area contributed by atoms with E-state index in [1.807, 2.05) is 25.6 Å². The summed E-state index contributed by atoms with van der Waals surface area (Å²) in [5.41, 5.74) is 5.61. The molecule has 84 valence electrons. The highest BCUT2D eigenvalue weighted by molar-refractivity contribution is 7.99. The van der Waals surface area contributed by atoms with Crippen LogP contribution in [0.2, 0.25) is 0 Å². The van der Waals surface area contributed by atoms with Crippen molar-refractivity contribution in [3.63, 3.8) is 0 Å². The summed E-state index contributed by atoms with van der Waals surface area (Å²) < 4.78 is 5.20. The van der Waals surface area contributed by atoms with Gasteiger partial charge < -0.3 is 10.3 Å². The van der Waals surface area contributed by atoms with E-state index < -0.39 is 0 Å². The second kappa shape index (κ2) is 4.14. The molecule has 1 fully saturated rings. The van der Waals surface area contributed by atoms with Crippen LogP contribution < -0.4 is 5.73 Å². The van der Waals surface area contributed by atoms with E-state index in [0.717, 1.165) is 12.2 Å². The van der Waals surface area contributed by atoms with E-state index in [9.17, 15) is 0 Å². The SMILES string of the molecule is CC(C)(N)Cc1nc(C2CCCS2)no1. The highest BCUT2D eigenvalue weighted by atomic mass is 32.2. The smallest absolute Gasteiger partial charge is 0.228 e. The first-order valence-electron chi connectivity index (χ1n) is 5.27. The minimum Gasteiger partial charge on any atom is -0.339 e. The van der Waals surface area contributed by atoms with E-state index in [-0.39, 0.29) is 5.54 Å². The Hall–Kier alpha value is -0.550. The Kier molecular flexibility index (Phi) is 3.02. The average molecular weight is 227 g/mol. The molecule has 1 aliphatic rings. The summed E-state index contributed by atoms with van der Waals surface area (Å²) >= 11 is 1.91. The summed E-state index contributed by atoms with van der Waals surface area (Å²) in [7, 11) is 0. The van der Waals surface area contributed by atoms with Gasteiger partial charge in [-0.15, -0.1) is 0 Å². The molecule has 0 aliphatic carbocycles. The normalized spacial score (nSPS) is 22.2. The predicted octanol–water partition coefficient (Wildman–Crippen LogP) is 1.92. The van der Waals surface area contributed by atoms with Crippen LogP contribution in [-0.4, -0.2) is 21.4 Å². The quantitative estimate of drug-likeness (QED) is 0.854. The van der Waals surface area contributed by atoms with Crippen molar-refractivity contribution in [1.82, 2.24) is 10.1 Å². The standard InChI is InChI=1S/C10H17N3OS/c1-10(2,11)6-8-12-9(13-14-8)7-4-3-5-15-7/h7H,3-6,11H2,1-2H3. The molecule has 1 unspecified atom stereocenters. The Morgan fingerprint density at radius 2 is 2.40 bits per heavy atom. The topological polar surface area (TPSA) is 64.9 Å². The van der Waals surface area contributed by atoms with Gasteiger partial charge in [0.1, 0.15) is 0 Å². The molecule has 1 aliphatic heterocycles. The van der Waals surface area contributed by atoms with Crippen molar-refractivity contribution in [3.8, 4) is 0 Å². The second-order valence-electron chi connectivity index (χ2n) is 4.71. The molecule has 0 amide bonds. The maximum Gasteiger partial charge on any atom is 0.228 e. The van der Waals surface area contributed by atoms with Crippen molar-refractivity contribution in [2.24, 2.45) is 5.73 Å². The summed E-state index contributed by atoms with van der Waals surface area (Å²) in [6, 6.07) is 0. The maximum atomic E-state index is 5.90. The van der Waals surface area contributed by atoms with Crippen LogP contribution in [-0.2, 0) is 6.42 Å². The fraction of sp³-hybridized carbons (Fsp3) is 0.800. The fourth-order valence-corrected chi connectivity index (χ4v) is 2.84. The number of aromatic nitrogens is 2. The molecular weight excluding hydrogens is 210 g/mol. The molecule has 0 aromatic carbocycles. The molecule has 0 bridgehead atoms. The molecular formula is C10H17N3OS. The number of thioether (sulfide) groups is 1. The van der Waals surface area contributed by atoms with E-state index in [1.165, 1.54) is 12.2 Å². The minimum atomic E-state index is -0.285. The van der Waals surface area contributed by atoms with Gasteiger partial charge in [0.05, 0.1) is 5.25 Å². The lowest BCUT2D eigenvalue weighted by atomic mass is 10.0. The van der Waals surface area contributed by atoms with Gasteiger partial charge >= 0.3 is 0 Å². The summed E-state index contributed by atoms with van der Waals surface area (Å²) in [5, 5.41) is 4.45. The van der Waals surface area contributed by atoms with Crippen molar-refractivity contribution in [2.45, 2.75) is 43.9 Å². The van der Waals surface area contributed by atoms with Crippen LogP contribution in [0.15, 0.2) is 4.52 Å². The summed E-state index contributed by atoms with van der Waals surface area (Å²) in [6.07, 6.45) is 3.05. The molecule has 2 N–H and O–H groups in total. The van der Waals surface area contributed by atoms with Gasteiger partial charge in [0, 0.05) is 12.0 Å². The number of nitrogens with zero attached hydrogens (tertiary/aromatic N) is 2. The zero-order valence-electron chi connectivity index (χ0n) is 9.19. The Bertz CT molecular complexity index is 326. The lowest BCUT2D eigenvalue weighted by Crippen LogP contribution is -2.34.